The maximum atomic E-state index is 11.6. The second kappa shape index (κ2) is 3.06. The quantitative estimate of drug-likeness (QED) is 0.601. The highest BCUT2D eigenvalue weighted by molar-refractivity contribution is 6.06. The Morgan fingerprint density at radius 2 is 2.07 bits per heavy atom. The van der Waals surface area contributed by atoms with E-state index < -0.39 is 0 Å². The lowest BCUT2D eigenvalue weighted by atomic mass is 10.3. The number of anilines is 1. The van der Waals surface area contributed by atoms with Crippen molar-refractivity contribution in [1.29, 1.82) is 0 Å². The molecule has 1 aliphatic rings. The van der Waals surface area contributed by atoms with Gasteiger partial charge in [0.05, 0.1) is 6.54 Å². The number of rotatable bonds is 0. The molecule has 0 saturated carbocycles. The molecule has 6 nitrogen and oxygen atoms in total. The third-order valence-electron chi connectivity index (χ3n) is 1.89. The van der Waals surface area contributed by atoms with Crippen LogP contribution in [0.2, 0.25) is 0 Å². The van der Waals surface area contributed by atoms with E-state index in [4.69, 9.17) is 0 Å². The van der Waals surface area contributed by atoms with Crippen LogP contribution in [-0.2, 0) is 4.79 Å². The number of amides is 2. The standard InChI is InChI=1S/C8H8N4O2/c1-12-4-5(13)11-7-6(8(12)14)9-2-3-10-7/h2-3H,4H2,1H3,(H,10,11,13). The van der Waals surface area contributed by atoms with Gasteiger partial charge in [-0.05, 0) is 0 Å². The van der Waals surface area contributed by atoms with Crippen LogP contribution < -0.4 is 5.32 Å². The average Bonchev–Trinajstić information content (AvgIpc) is 2.26. The molecule has 0 unspecified atom stereocenters. The summed E-state index contributed by atoms with van der Waals surface area (Å²) in [5, 5.41) is 2.51. The Balaban J connectivity index is 2.52. The Morgan fingerprint density at radius 3 is 2.86 bits per heavy atom. The van der Waals surface area contributed by atoms with Gasteiger partial charge in [0, 0.05) is 19.4 Å². The summed E-state index contributed by atoms with van der Waals surface area (Å²) in [7, 11) is 1.55. The molecule has 1 aromatic heterocycles. The highest BCUT2D eigenvalue weighted by Crippen LogP contribution is 2.13. The number of hydrogen-bond donors (Lipinski definition) is 1. The van der Waals surface area contributed by atoms with Crippen molar-refractivity contribution >= 4 is 17.6 Å². The second-order valence-electron chi connectivity index (χ2n) is 2.96. The Labute approximate surface area is 80.0 Å². The first kappa shape index (κ1) is 8.61. The van der Waals surface area contributed by atoms with Crippen molar-refractivity contribution in [1.82, 2.24) is 14.9 Å². The fourth-order valence-corrected chi connectivity index (χ4v) is 1.23. The molecule has 0 atom stereocenters. The van der Waals surface area contributed by atoms with Crippen molar-refractivity contribution in [3.8, 4) is 0 Å². The third kappa shape index (κ3) is 1.30. The lowest BCUT2D eigenvalue weighted by Gasteiger charge is -2.10. The van der Waals surface area contributed by atoms with Gasteiger partial charge in [-0.1, -0.05) is 0 Å². The molecule has 0 bridgehead atoms. The van der Waals surface area contributed by atoms with Gasteiger partial charge >= 0.3 is 0 Å². The van der Waals surface area contributed by atoms with Crippen molar-refractivity contribution in [3.63, 3.8) is 0 Å². The van der Waals surface area contributed by atoms with Crippen molar-refractivity contribution < 1.29 is 9.59 Å². The van der Waals surface area contributed by atoms with Crippen LogP contribution in [0.25, 0.3) is 0 Å². The maximum absolute atomic E-state index is 11.6. The molecular weight excluding hydrogens is 184 g/mol. The second-order valence-corrected chi connectivity index (χ2v) is 2.96. The molecule has 2 heterocycles. The van der Waals surface area contributed by atoms with Crippen LogP contribution in [0.1, 0.15) is 10.5 Å². The summed E-state index contributed by atoms with van der Waals surface area (Å²) in [6.07, 6.45) is 2.85. The highest BCUT2D eigenvalue weighted by Gasteiger charge is 2.25. The zero-order chi connectivity index (χ0) is 10.1. The summed E-state index contributed by atoms with van der Waals surface area (Å²) >= 11 is 0. The number of carbonyl (C=O) groups excluding carboxylic acids is 2. The van der Waals surface area contributed by atoms with Crippen LogP contribution >= 0.6 is 0 Å². The summed E-state index contributed by atoms with van der Waals surface area (Å²) in [6, 6.07) is 0. The first-order chi connectivity index (χ1) is 6.68. The number of nitrogens with zero attached hydrogens (tertiary/aromatic N) is 3. The molecule has 14 heavy (non-hydrogen) atoms. The minimum atomic E-state index is -0.300. The van der Waals surface area contributed by atoms with E-state index >= 15 is 0 Å². The van der Waals surface area contributed by atoms with Gasteiger partial charge in [-0.3, -0.25) is 9.59 Å². The van der Waals surface area contributed by atoms with Crippen molar-refractivity contribution in [2.45, 2.75) is 0 Å². The van der Waals surface area contributed by atoms with Crippen molar-refractivity contribution in [2.24, 2.45) is 0 Å². The van der Waals surface area contributed by atoms with E-state index in [0.717, 1.165) is 0 Å². The summed E-state index contributed by atoms with van der Waals surface area (Å²) in [5.41, 5.74) is 0.181. The van der Waals surface area contributed by atoms with Crippen LogP contribution in [-0.4, -0.2) is 40.3 Å². The summed E-state index contributed by atoms with van der Waals surface area (Å²) in [4.78, 5) is 31.9. The minimum Gasteiger partial charge on any atom is -0.331 e. The van der Waals surface area contributed by atoms with E-state index in [-0.39, 0.29) is 29.9 Å². The van der Waals surface area contributed by atoms with Gasteiger partial charge in [0.1, 0.15) is 0 Å². The van der Waals surface area contributed by atoms with Crippen LogP contribution in [0.15, 0.2) is 12.4 Å². The number of aromatic nitrogens is 2. The number of hydrogen-bond acceptors (Lipinski definition) is 4. The molecule has 0 saturated heterocycles. The molecular formula is C8H8N4O2. The minimum absolute atomic E-state index is 0.0247. The van der Waals surface area contributed by atoms with Gasteiger partial charge < -0.3 is 10.2 Å². The van der Waals surface area contributed by atoms with Crippen LogP contribution in [0, 0.1) is 0 Å². The lowest BCUT2D eigenvalue weighted by Crippen LogP contribution is -2.31. The fraction of sp³-hybridized carbons (Fsp3) is 0.250. The highest BCUT2D eigenvalue weighted by atomic mass is 16.2. The van der Waals surface area contributed by atoms with Gasteiger partial charge in [-0.15, -0.1) is 0 Å². The first-order valence-electron chi connectivity index (χ1n) is 4.05. The van der Waals surface area contributed by atoms with E-state index in [1.807, 2.05) is 0 Å². The zero-order valence-corrected chi connectivity index (χ0v) is 7.52. The lowest BCUT2D eigenvalue weighted by molar-refractivity contribution is -0.116. The topological polar surface area (TPSA) is 75.2 Å². The smallest absolute Gasteiger partial charge is 0.276 e. The summed E-state index contributed by atoms with van der Waals surface area (Å²) < 4.78 is 0. The molecule has 0 spiro atoms. The molecule has 0 aliphatic carbocycles. The predicted octanol–water partition coefficient (Wildman–Crippen LogP) is -0.499. The first-order valence-corrected chi connectivity index (χ1v) is 4.05. The Morgan fingerprint density at radius 1 is 1.36 bits per heavy atom. The van der Waals surface area contributed by atoms with Gasteiger partial charge in [0.25, 0.3) is 5.91 Å². The van der Waals surface area contributed by atoms with E-state index in [1.165, 1.54) is 17.3 Å². The third-order valence-corrected chi connectivity index (χ3v) is 1.89. The molecule has 72 valence electrons. The number of carbonyl (C=O) groups is 2. The van der Waals surface area contributed by atoms with E-state index in [2.05, 4.69) is 15.3 Å². The van der Waals surface area contributed by atoms with Gasteiger partial charge in [0.15, 0.2) is 11.5 Å². The van der Waals surface area contributed by atoms with Gasteiger partial charge in [-0.25, -0.2) is 9.97 Å². The molecule has 0 aromatic carbocycles. The molecule has 0 radical (unpaired) electrons. The average molecular weight is 192 g/mol. The summed E-state index contributed by atoms with van der Waals surface area (Å²) in [5.74, 6) is -0.335. The predicted molar refractivity (Wildman–Crippen MR) is 47.6 cm³/mol. The monoisotopic (exact) mass is 192 g/mol. The fourth-order valence-electron chi connectivity index (χ4n) is 1.23. The number of fused-ring (bicyclic) bond motifs is 1. The molecule has 1 aromatic rings. The van der Waals surface area contributed by atoms with Crippen molar-refractivity contribution in [2.75, 3.05) is 18.9 Å². The number of likely N-dealkylation sites (N-methyl/N-ethyl adjacent to an activating group) is 1. The van der Waals surface area contributed by atoms with Gasteiger partial charge in [-0.2, -0.15) is 0 Å². The number of nitrogens with one attached hydrogen (secondary N) is 1. The molecule has 1 N–H and O–H groups in total. The molecule has 1 aliphatic heterocycles. The Kier molecular flexibility index (Phi) is 1.88. The Bertz CT molecular complexity index is 404. The van der Waals surface area contributed by atoms with Gasteiger partial charge in [0.2, 0.25) is 5.91 Å². The van der Waals surface area contributed by atoms with E-state index in [9.17, 15) is 9.59 Å². The van der Waals surface area contributed by atoms with E-state index in [0.29, 0.717) is 0 Å². The van der Waals surface area contributed by atoms with Crippen LogP contribution in [0.4, 0.5) is 5.82 Å². The van der Waals surface area contributed by atoms with Crippen LogP contribution in [0.3, 0.4) is 0 Å². The Hall–Kier alpha value is -1.98. The summed E-state index contributed by atoms with van der Waals surface area (Å²) in [6.45, 7) is 0.0247. The largest absolute Gasteiger partial charge is 0.331 e. The molecule has 6 heteroatoms. The van der Waals surface area contributed by atoms with Crippen molar-refractivity contribution in [3.05, 3.63) is 18.1 Å². The maximum Gasteiger partial charge on any atom is 0.276 e. The normalized spacial score (nSPS) is 15.9. The molecule has 0 fully saturated rings. The molecule has 2 rings (SSSR count). The zero-order valence-electron chi connectivity index (χ0n) is 7.52. The SMILES string of the molecule is CN1CC(=O)Nc2nccnc2C1=O. The van der Waals surface area contributed by atoms with E-state index in [1.54, 1.807) is 7.05 Å². The van der Waals surface area contributed by atoms with Crippen LogP contribution in [0.5, 0.6) is 0 Å². The molecule has 2 amide bonds.